The van der Waals surface area contributed by atoms with Crippen LogP contribution in [0.2, 0.25) is 0 Å². The van der Waals surface area contributed by atoms with Crippen molar-refractivity contribution in [2.75, 3.05) is 0 Å². The molecule has 27 heavy (non-hydrogen) atoms. The molecule has 7 nitrogen and oxygen atoms in total. The Morgan fingerprint density at radius 3 is 2.52 bits per heavy atom. The van der Waals surface area contributed by atoms with Crippen molar-refractivity contribution in [3.8, 4) is 5.69 Å². The fourth-order valence-corrected chi connectivity index (χ4v) is 3.11. The number of para-hydroxylation sites is 1. The lowest BCUT2D eigenvalue weighted by molar-refractivity contribution is -0.138. The average Bonchev–Trinajstić information content (AvgIpc) is 2.96. The lowest BCUT2D eigenvalue weighted by Gasteiger charge is -2.15. The Labute approximate surface area is 157 Å². The van der Waals surface area contributed by atoms with Crippen LogP contribution in [0.1, 0.15) is 41.5 Å². The summed E-state index contributed by atoms with van der Waals surface area (Å²) in [6.07, 6.45) is -0.578. The Morgan fingerprint density at radius 1 is 1.19 bits per heavy atom. The number of hydrazone groups is 1. The molecule has 140 valence electrons. The van der Waals surface area contributed by atoms with E-state index in [1.54, 1.807) is 6.07 Å². The summed E-state index contributed by atoms with van der Waals surface area (Å²) >= 11 is 0. The SMILES string of the molecule is Cc1cc(C(=O)[C@H](C)OC(=O)C2=NNC(=O)CC2)c(C)n1-c1ccccc1. The first kappa shape index (κ1) is 18.6. The highest BCUT2D eigenvalue weighted by Crippen LogP contribution is 2.22. The summed E-state index contributed by atoms with van der Waals surface area (Å²) in [5.74, 6) is -1.21. The molecule has 1 aliphatic heterocycles. The fraction of sp³-hybridized carbons (Fsp3) is 0.300. The number of hydrogen-bond acceptors (Lipinski definition) is 5. The molecule has 7 heteroatoms. The van der Waals surface area contributed by atoms with Crippen molar-refractivity contribution in [1.29, 1.82) is 0 Å². The van der Waals surface area contributed by atoms with E-state index in [2.05, 4.69) is 10.5 Å². The number of carbonyl (C=O) groups excluding carboxylic acids is 3. The van der Waals surface area contributed by atoms with Gasteiger partial charge in [-0.2, -0.15) is 5.10 Å². The summed E-state index contributed by atoms with van der Waals surface area (Å²) < 4.78 is 7.26. The van der Waals surface area contributed by atoms with Crippen molar-refractivity contribution in [3.05, 3.63) is 53.3 Å². The molecule has 0 unspecified atom stereocenters. The highest BCUT2D eigenvalue weighted by atomic mass is 16.5. The number of aromatic nitrogens is 1. The van der Waals surface area contributed by atoms with Gasteiger partial charge in [0.05, 0.1) is 0 Å². The molecular formula is C20H21N3O4. The predicted molar refractivity (Wildman–Crippen MR) is 99.9 cm³/mol. The van der Waals surface area contributed by atoms with Crippen LogP contribution in [-0.4, -0.2) is 34.0 Å². The number of rotatable bonds is 5. The van der Waals surface area contributed by atoms with Gasteiger partial charge in [-0.1, -0.05) is 18.2 Å². The topological polar surface area (TPSA) is 89.8 Å². The molecule has 2 heterocycles. The van der Waals surface area contributed by atoms with Crippen LogP contribution in [0, 0.1) is 13.8 Å². The van der Waals surface area contributed by atoms with Gasteiger partial charge in [-0.3, -0.25) is 9.59 Å². The molecule has 1 amide bonds. The number of carbonyl (C=O) groups is 3. The molecule has 0 fully saturated rings. The standard InChI is InChI=1S/C20H21N3O4/c1-12-11-16(13(2)23(12)15-7-5-4-6-8-15)19(25)14(3)27-20(26)17-9-10-18(24)22-21-17/h4-8,11,14H,9-10H2,1-3H3,(H,22,24)/t14-/m0/s1. The number of Topliss-reactive ketones (excluding diaryl/α,β-unsaturated/α-hetero) is 1. The molecule has 1 aromatic carbocycles. The Morgan fingerprint density at radius 2 is 1.89 bits per heavy atom. The van der Waals surface area contributed by atoms with E-state index < -0.39 is 12.1 Å². The van der Waals surface area contributed by atoms with Gasteiger partial charge in [-0.25, -0.2) is 10.2 Å². The molecule has 0 bridgehead atoms. The summed E-state index contributed by atoms with van der Waals surface area (Å²) in [7, 11) is 0. The van der Waals surface area contributed by atoms with Gasteiger partial charge in [0, 0.05) is 35.5 Å². The normalized spacial score (nSPS) is 14.9. The van der Waals surface area contributed by atoms with Crippen LogP contribution in [0.25, 0.3) is 5.69 Å². The molecular weight excluding hydrogens is 346 g/mol. The van der Waals surface area contributed by atoms with E-state index in [0.29, 0.717) is 5.56 Å². The molecule has 3 rings (SSSR count). The van der Waals surface area contributed by atoms with Gasteiger partial charge in [0.2, 0.25) is 11.7 Å². The van der Waals surface area contributed by atoms with Crippen molar-refractivity contribution in [1.82, 2.24) is 9.99 Å². The van der Waals surface area contributed by atoms with E-state index in [1.807, 2.05) is 48.7 Å². The van der Waals surface area contributed by atoms with E-state index in [9.17, 15) is 14.4 Å². The highest BCUT2D eigenvalue weighted by Gasteiger charge is 2.27. The minimum absolute atomic E-state index is 0.115. The Kier molecular flexibility index (Phi) is 5.21. The third-order valence-electron chi connectivity index (χ3n) is 4.50. The van der Waals surface area contributed by atoms with Crippen LogP contribution in [0.3, 0.4) is 0 Å². The number of ketones is 1. The van der Waals surface area contributed by atoms with E-state index in [4.69, 9.17) is 4.74 Å². The van der Waals surface area contributed by atoms with E-state index in [1.165, 1.54) is 6.92 Å². The van der Waals surface area contributed by atoms with Crippen molar-refractivity contribution in [3.63, 3.8) is 0 Å². The fourth-order valence-electron chi connectivity index (χ4n) is 3.11. The quantitative estimate of drug-likeness (QED) is 0.649. The molecule has 1 atom stereocenters. The monoisotopic (exact) mass is 367 g/mol. The first-order chi connectivity index (χ1) is 12.9. The molecule has 0 aliphatic carbocycles. The Balaban J connectivity index is 1.78. The predicted octanol–water partition coefficient (Wildman–Crippen LogP) is 2.47. The number of ether oxygens (including phenoxy) is 1. The number of nitrogens with one attached hydrogen (secondary N) is 1. The number of aryl methyl sites for hydroxylation is 1. The molecule has 0 spiro atoms. The number of amides is 1. The zero-order valence-electron chi connectivity index (χ0n) is 15.5. The molecule has 2 aromatic rings. The molecule has 0 radical (unpaired) electrons. The number of hydrogen-bond donors (Lipinski definition) is 1. The second kappa shape index (κ2) is 7.57. The molecule has 1 N–H and O–H groups in total. The van der Waals surface area contributed by atoms with Gasteiger partial charge in [0.15, 0.2) is 6.10 Å². The maximum absolute atomic E-state index is 12.8. The van der Waals surface area contributed by atoms with Crippen LogP contribution >= 0.6 is 0 Å². The number of nitrogens with zero attached hydrogens (tertiary/aromatic N) is 2. The van der Waals surface area contributed by atoms with Gasteiger partial charge >= 0.3 is 5.97 Å². The smallest absolute Gasteiger partial charge is 0.355 e. The van der Waals surface area contributed by atoms with Crippen molar-refractivity contribution in [2.24, 2.45) is 5.10 Å². The van der Waals surface area contributed by atoms with E-state index in [-0.39, 0.29) is 30.2 Å². The molecule has 0 saturated carbocycles. The maximum Gasteiger partial charge on any atom is 0.355 e. The largest absolute Gasteiger partial charge is 0.450 e. The Hall–Kier alpha value is -3.22. The second-order valence-electron chi connectivity index (χ2n) is 6.46. The van der Waals surface area contributed by atoms with Crippen LogP contribution in [-0.2, 0) is 14.3 Å². The zero-order valence-corrected chi connectivity index (χ0v) is 15.5. The molecule has 1 aromatic heterocycles. The van der Waals surface area contributed by atoms with Gasteiger partial charge in [0.25, 0.3) is 0 Å². The summed E-state index contributed by atoms with van der Waals surface area (Å²) in [6.45, 7) is 5.33. The van der Waals surface area contributed by atoms with Crippen LogP contribution in [0.5, 0.6) is 0 Å². The van der Waals surface area contributed by atoms with Crippen LogP contribution in [0.15, 0.2) is 41.5 Å². The van der Waals surface area contributed by atoms with Crippen molar-refractivity contribution >= 4 is 23.4 Å². The highest BCUT2D eigenvalue weighted by molar-refractivity contribution is 6.37. The maximum atomic E-state index is 12.8. The minimum Gasteiger partial charge on any atom is -0.450 e. The first-order valence-electron chi connectivity index (χ1n) is 8.73. The zero-order chi connectivity index (χ0) is 19.6. The Bertz CT molecular complexity index is 928. The summed E-state index contributed by atoms with van der Waals surface area (Å²) in [4.78, 5) is 36.1. The van der Waals surface area contributed by atoms with Crippen molar-refractivity contribution < 1.29 is 19.1 Å². The van der Waals surface area contributed by atoms with Gasteiger partial charge in [0.1, 0.15) is 5.71 Å². The van der Waals surface area contributed by atoms with E-state index >= 15 is 0 Å². The minimum atomic E-state index is -0.956. The van der Waals surface area contributed by atoms with Crippen LogP contribution in [0.4, 0.5) is 0 Å². The third kappa shape index (κ3) is 3.81. The second-order valence-corrected chi connectivity index (χ2v) is 6.46. The molecule has 0 saturated heterocycles. The summed E-state index contributed by atoms with van der Waals surface area (Å²) in [5.41, 5.74) is 5.53. The lowest BCUT2D eigenvalue weighted by Crippen LogP contribution is -2.34. The van der Waals surface area contributed by atoms with Crippen molar-refractivity contribution in [2.45, 2.75) is 39.7 Å². The summed E-state index contributed by atoms with van der Waals surface area (Å²) in [5, 5.41) is 3.70. The number of esters is 1. The van der Waals surface area contributed by atoms with Gasteiger partial charge in [-0.15, -0.1) is 0 Å². The third-order valence-corrected chi connectivity index (χ3v) is 4.50. The van der Waals surface area contributed by atoms with E-state index in [0.717, 1.165) is 17.1 Å². The lowest BCUT2D eigenvalue weighted by atomic mass is 10.1. The van der Waals surface area contributed by atoms with Gasteiger partial charge in [-0.05, 0) is 39.0 Å². The number of benzene rings is 1. The molecule has 1 aliphatic rings. The summed E-state index contributed by atoms with van der Waals surface area (Å²) in [6, 6.07) is 11.5. The average molecular weight is 367 g/mol. The van der Waals surface area contributed by atoms with Crippen LogP contribution < -0.4 is 5.43 Å². The van der Waals surface area contributed by atoms with Gasteiger partial charge < -0.3 is 9.30 Å². The first-order valence-corrected chi connectivity index (χ1v) is 8.73.